The highest BCUT2D eigenvalue weighted by atomic mass is 19.1. The van der Waals surface area contributed by atoms with Crippen LogP contribution in [0.3, 0.4) is 0 Å². The molecule has 0 aliphatic carbocycles. The van der Waals surface area contributed by atoms with Crippen molar-refractivity contribution in [2.24, 2.45) is 5.73 Å². The zero-order chi connectivity index (χ0) is 15.4. The van der Waals surface area contributed by atoms with Crippen molar-refractivity contribution in [3.05, 3.63) is 70.0 Å². The van der Waals surface area contributed by atoms with Gasteiger partial charge >= 0.3 is 0 Å². The number of non-ortho nitro benzene ring substituents is 1. The smallest absolute Gasteiger partial charge is 0.274 e. The van der Waals surface area contributed by atoms with Crippen LogP contribution in [0.1, 0.15) is 11.6 Å². The fourth-order valence-electron chi connectivity index (χ4n) is 1.78. The van der Waals surface area contributed by atoms with E-state index in [0.29, 0.717) is 5.56 Å². The maximum Gasteiger partial charge on any atom is 0.274 e. The normalized spacial score (nSPS) is 11.7. The van der Waals surface area contributed by atoms with Gasteiger partial charge in [-0.05, 0) is 11.6 Å². The predicted molar refractivity (Wildman–Crippen MR) is 75.1 cm³/mol. The minimum atomic E-state index is -0.950. The number of nitro groups is 1. The number of carbonyl (C=O) groups is 1. The van der Waals surface area contributed by atoms with Gasteiger partial charge < -0.3 is 11.1 Å². The van der Waals surface area contributed by atoms with Gasteiger partial charge in [0.15, 0.2) is 0 Å². The van der Waals surface area contributed by atoms with Gasteiger partial charge in [-0.3, -0.25) is 14.9 Å². The van der Waals surface area contributed by atoms with Crippen molar-refractivity contribution < 1.29 is 14.1 Å². The molecule has 1 atom stereocenters. The molecule has 3 N–H and O–H groups in total. The second-order valence-electron chi connectivity index (χ2n) is 4.33. The summed E-state index contributed by atoms with van der Waals surface area (Å²) in [7, 11) is 0. The van der Waals surface area contributed by atoms with E-state index in [0.717, 1.165) is 18.2 Å². The fourth-order valence-corrected chi connectivity index (χ4v) is 1.78. The number of nitro benzene ring substituents is 1. The average Bonchev–Trinajstić information content (AvgIpc) is 2.46. The molecule has 0 bridgehead atoms. The van der Waals surface area contributed by atoms with Crippen LogP contribution in [0.25, 0.3) is 0 Å². The lowest BCUT2D eigenvalue weighted by molar-refractivity contribution is -0.385. The van der Waals surface area contributed by atoms with Gasteiger partial charge in [-0.2, -0.15) is 0 Å². The molecule has 0 aliphatic rings. The minimum Gasteiger partial charge on any atom is -0.324 e. The summed E-state index contributed by atoms with van der Waals surface area (Å²) in [5.41, 5.74) is 5.91. The summed E-state index contributed by atoms with van der Waals surface area (Å²) in [5.74, 6) is -1.39. The van der Waals surface area contributed by atoms with Crippen LogP contribution in [-0.4, -0.2) is 10.8 Å². The maximum absolute atomic E-state index is 13.3. The summed E-state index contributed by atoms with van der Waals surface area (Å²) in [6, 6.07) is 10.5. The molecular formula is C14H12FN3O3. The largest absolute Gasteiger partial charge is 0.324 e. The Morgan fingerprint density at radius 2 is 1.90 bits per heavy atom. The Labute approximate surface area is 119 Å². The molecule has 0 aliphatic heterocycles. The highest BCUT2D eigenvalue weighted by Gasteiger charge is 2.17. The predicted octanol–water partition coefficient (Wildman–Crippen LogP) is 2.37. The van der Waals surface area contributed by atoms with Crippen LogP contribution in [0.5, 0.6) is 0 Å². The third-order valence-electron chi connectivity index (χ3n) is 2.80. The Bertz CT molecular complexity index is 676. The molecule has 6 nitrogen and oxygen atoms in total. The molecule has 0 unspecified atom stereocenters. The second kappa shape index (κ2) is 6.10. The van der Waals surface area contributed by atoms with Crippen molar-refractivity contribution in [3.8, 4) is 0 Å². The standard InChI is InChI=1S/C14H12FN3O3/c15-10-6-11(8-12(7-10)18(20)21)17-14(19)13(16)9-4-2-1-3-5-9/h1-8,13H,16H2,(H,17,19)/t13-/m0/s1. The molecular weight excluding hydrogens is 277 g/mol. The molecule has 0 saturated heterocycles. The van der Waals surface area contributed by atoms with Crippen molar-refractivity contribution in [2.45, 2.75) is 6.04 Å². The van der Waals surface area contributed by atoms with Crippen LogP contribution in [0.2, 0.25) is 0 Å². The quantitative estimate of drug-likeness (QED) is 0.666. The maximum atomic E-state index is 13.3. The Kier molecular flexibility index (Phi) is 4.24. The van der Waals surface area contributed by atoms with Crippen molar-refractivity contribution in [3.63, 3.8) is 0 Å². The zero-order valence-corrected chi connectivity index (χ0v) is 10.8. The van der Waals surface area contributed by atoms with E-state index in [9.17, 15) is 19.3 Å². The fraction of sp³-hybridized carbons (Fsp3) is 0.0714. The molecule has 1 amide bonds. The van der Waals surface area contributed by atoms with Crippen LogP contribution >= 0.6 is 0 Å². The number of hydrogen-bond donors (Lipinski definition) is 2. The summed E-state index contributed by atoms with van der Waals surface area (Å²) in [6.07, 6.45) is 0. The lowest BCUT2D eigenvalue weighted by Crippen LogP contribution is -2.27. The number of hydrogen-bond acceptors (Lipinski definition) is 4. The third kappa shape index (κ3) is 3.61. The van der Waals surface area contributed by atoms with Gasteiger partial charge in [0, 0.05) is 6.07 Å². The Morgan fingerprint density at radius 1 is 1.24 bits per heavy atom. The first-order valence-corrected chi connectivity index (χ1v) is 6.04. The van der Waals surface area contributed by atoms with Gasteiger partial charge in [0.2, 0.25) is 5.91 Å². The lowest BCUT2D eigenvalue weighted by atomic mass is 10.1. The van der Waals surface area contributed by atoms with Gasteiger partial charge in [0.25, 0.3) is 5.69 Å². The van der Waals surface area contributed by atoms with E-state index in [4.69, 9.17) is 5.73 Å². The molecule has 2 rings (SSSR count). The molecule has 21 heavy (non-hydrogen) atoms. The van der Waals surface area contributed by atoms with Crippen molar-refractivity contribution in [1.29, 1.82) is 0 Å². The topological polar surface area (TPSA) is 98.3 Å². The molecule has 0 radical (unpaired) electrons. The van der Waals surface area contributed by atoms with Gasteiger partial charge in [0.05, 0.1) is 16.7 Å². The molecule has 0 aromatic heterocycles. The lowest BCUT2D eigenvalue weighted by Gasteiger charge is -2.12. The number of amides is 1. The van der Waals surface area contributed by atoms with E-state index in [-0.39, 0.29) is 5.69 Å². The van der Waals surface area contributed by atoms with Gasteiger partial charge in [0.1, 0.15) is 11.9 Å². The molecule has 0 spiro atoms. The molecule has 108 valence electrons. The van der Waals surface area contributed by atoms with Crippen molar-refractivity contribution >= 4 is 17.3 Å². The van der Waals surface area contributed by atoms with Crippen molar-refractivity contribution in [1.82, 2.24) is 0 Å². The highest BCUT2D eigenvalue weighted by molar-refractivity contribution is 5.95. The molecule has 0 heterocycles. The number of nitrogens with zero attached hydrogens (tertiary/aromatic N) is 1. The summed E-state index contributed by atoms with van der Waals surface area (Å²) in [5, 5.41) is 13.0. The average molecular weight is 289 g/mol. The van der Waals surface area contributed by atoms with Crippen LogP contribution in [0.4, 0.5) is 15.8 Å². The van der Waals surface area contributed by atoms with Crippen LogP contribution in [-0.2, 0) is 4.79 Å². The number of carbonyl (C=O) groups excluding carboxylic acids is 1. The Hall–Kier alpha value is -2.80. The van der Waals surface area contributed by atoms with Crippen molar-refractivity contribution in [2.75, 3.05) is 5.32 Å². The summed E-state index contributed by atoms with van der Waals surface area (Å²) >= 11 is 0. The molecule has 7 heteroatoms. The summed E-state index contributed by atoms with van der Waals surface area (Å²) in [6.45, 7) is 0. The number of nitrogens with two attached hydrogens (primary N) is 1. The first-order chi connectivity index (χ1) is 9.97. The van der Waals surface area contributed by atoms with E-state index in [2.05, 4.69) is 5.32 Å². The van der Waals surface area contributed by atoms with E-state index in [1.807, 2.05) is 0 Å². The first-order valence-electron chi connectivity index (χ1n) is 6.04. The Balaban J connectivity index is 2.18. The first kappa shape index (κ1) is 14.6. The summed E-state index contributed by atoms with van der Waals surface area (Å²) in [4.78, 5) is 21.9. The van der Waals surface area contributed by atoms with E-state index in [1.54, 1.807) is 30.3 Å². The number of benzene rings is 2. The SMILES string of the molecule is N[C@H](C(=O)Nc1cc(F)cc([N+](=O)[O-])c1)c1ccccc1. The van der Waals surface area contributed by atoms with Gasteiger partial charge in [-0.25, -0.2) is 4.39 Å². The molecule has 2 aromatic carbocycles. The van der Waals surface area contributed by atoms with Gasteiger partial charge in [-0.15, -0.1) is 0 Å². The van der Waals surface area contributed by atoms with Crippen LogP contribution in [0, 0.1) is 15.9 Å². The second-order valence-corrected chi connectivity index (χ2v) is 4.33. The number of anilines is 1. The number of halogens is 1. The molecule has 0 fully saturated rings. The number of rotatable bonds is 4. The van der Waals surface area contributed by atoms with E-state index < -0.39 is 28.4 Å². The van der Waals surface area contributed by atoms with Crippen LogP contribution < -0.4 is 11.1 Å². The van der Waals surface area contributed by atoms with E-state index >= 15 is 0 Å². The minimum absolute atomic E-state index is 0.0157. The zero-order valence-electron chi connectivity index (χ0n) is 10.8. The third-order valence-corrected chi connectivity index (χ3v) is 2.80. The van der Waals surface area contributed by atoms with E-state index in [1.165, 1.54) is 0 Å². The summed E-state index contributed by atoms with van der Waals surface area (Å²) < 4.78 is 13.3. The monoisotopic (exact) mass is 289 g/mol. The Morgan fingerprint density at radius 3 is 2.52 bits per heavy atom. The molecule has 0 saturated carbocycles. The van der Waals surface area contributed by atoms with Crippen LogP contribution in [0.15, 0.2) is 48.5 Å². The van der Waals surface area contributed by atoms with Gasteiger partial charge in [-0.1, -0.05) is 30.3 Å². The molecule has 2 aromatic rings. The highest BCUT2D eigenvalue weighted by Crippen LogP contribution is 2.21. The number of nitrogens with one attached hydrogen (secondary N) is 1.